The Balaban J connectivity index is 2.50. The maximum absolute atomic E-state index is 12.3. The normalized spacial score (nSPS) is 18.4. The summed E-state index contributed by atoms with van der Waals surface area (Å²) in [5, 5.41) is 3.12. The van der Waals surface area contributed by atoms with Gasteiger partial charge in [0.05, 0.1) is 13.5 Å². The minimum absolute atomic E-state index is 0.0719. The lowest BCUT2D eigenvalue weighted by atomic mass is 9.98. The van der Waals surface area contributed by atoms with Crippen LogP contribution in [0.1, 0.15) is 19.3 Å². The number of nitrogens with zero attached hydrogens (tertiary/aromatic N) is 2. The predicted octanol–water partition coefficient (Wildman–Crippen LogP) is -0.342. The fourth-order valence-electron chi connectivity index (χ4n) is 2.30. The Labute approximate surface area is 121 Å². The van der Waals surface area contributed by atoms with Crippen molar-refractivity contribution in [1.82, 2.24) is 13.9 Å². The SMILES string of the molecule is CNCC1CCN(S(=O)(=O)N(C)CCC(=O)OC)CC1. The van der Waals surface area contributed by atoms with Gasteiger partial charge in [0.2, 0.25) is 0 Å². The summed E-state index contributed by atoms with van der Waals surface area (Å²) in [6.45, 7) is 2.14. The number of piperidine rings is 1. The lowest BCUT2D eigenvalue weighted by molar-refractivity contribution is -0.140. The summed E-state index contributed by atoms with van der Waals surface area (Å²) in [6.07, 6.45) is 1.80. The van der Waals surface area contributed by atoms with Gasteiger partial charge in [-0.05, 0) is 32.4 Å². The van der Waals surface area contributed by atoms with Gasteiger partial charge in [0.25, 0.3) is 10.2 Å². The molecule has 1 aliphatic heterocycles. The molecule has 1 aliphatic rings. The minimum Gasteiger partial charge on any atom is -0.469 e. The van der Waals surface area contributed by atoms with Crippen molar-refractivity contribution in [2.45, 2.75) is 19.3 Å². The number of rotatable bonds is 7. The quantitative estimate of drug-likeness (QED) is 0.651. The standard InChI is InChI=1S/C12H25N3O4S/c1-13-10-11-4-8-15(9-5-11)20(17,18)14(2)7-6-12(16)19-3/h11,13H,4-10H2,1-3H3. The molecule has 0 aromatic heterocycles. The molecule has 0 aromatic carbocycles. The van der Waals surface area contributed by atoms with E-state index in [1.165, 1.54) is 22.8 Å². The predicted molar refractivity (Wildman–Crippen MR) is 76.4 cm³/mol. The van der Waals surface area contributed by atoms with Crippen LogP contribution in [0, 0.1) is 5.92 Å². The Morgan fingerprint density at radius 3 is 2.50 bits per heavy atom. The Bertz CT molecular complexity index is 405. The lowest BCUT2D eigenvalue weighted by Crippen LogP contribution is -2.47. The highest BCUT2D eigenvalue weighted by Crippen LogP contribution is 2.20. The number of ether oxygens (including phenoxy) is 1. The van der Waals surface area contributed by atoms with Gasteiger partial charge in [-0.2, -0.15) is 17.0 Å². The van der Waals surface area contributed by atoms with Crippen LogP contribution in [0.2, 0.25) is 0 Å². The zero-order valence-corrected chi connectivity index (χ0v) is 13.3. The van der Waals surface area contributed by atoms with Crippen molar-refractivity contribution in [3.63, 3.8) is 0 Å². The first-order valence-electron chi connectivity index (χ1n) is 6.84. The van der Waals surface area contributed by atoms with Gasteiger partial charge in [-0.1, -0.05) is 0 Å². The Hall–Kier alpha value is -0.700. The van der Waals surface area contributed by atoms with E-state index in [-0.39, 0.29) is 13.0 Å². The van der Waals surface area contributed by atoms with Gasteiger partial charge in [0.15, 0.2) is 0 Å². The van der Waals surface area contributed by atoms with Crippen molar-refractivity contribution in [2.24, 2.45) is 5.92 Å². The summed E-state index contributed by atoms with van der Waals surface area (Å²) in [6, 6.07) is 0. The number of nitrogens with one attached hydrogen (secondary N) is 1. The highest BCUT2D eigenvalue weighted by atomic mass is 32.2. The van der Waals surface area contributed by atoms with E-state index < -0.39 is 16.2 Å². The molecule has 0 spiro atoms. The number of carbonyl (C=O) groups is 1. The van der Waals surface area contributed by atoms with Crippen molar-refractivity contribution in [1.29, 1.82) is 0 Å². The number of hydrogen-bond donors (Lipinski definition) is 1. The Morgan fingerprint density at radius 2 is 2.00 bits per heavy atom. The van der Waals surface area contributed by atoms with E-state index in [0.717, 1.165) is 19.4 Å². The second-order valence-corrected chi connectivity index (χ2v) is 7.09. The van der Waals surface area contributed by atoms with Gasteiger partial charge >= 0.3 is 5.97 Å². The average molecular weight is 307 g/mol. The molecule has 20 heavy (non-hydrogen) atoms. The van der Waals surface area contributed by atoms with Crippen LogP contribution in [0.25, 0.3) is 0 Å². The first-order chi connectivity index (χ1) is 9.41. The van der Waals surface area contributed by atoms with Crippen LogP contribution >= 0.6 is 0 Å². The largest absolute Gasteiger partial charge is 0.469 e. The van der Waals surface area contributed by atoms with Crippen molar-refractivity contribution in [3.8, 4) is 0 Å². The molecule has 0 amide bonds. The summed E-state index contributed by atoms with van der Waals surface area (Å²) in [5.74, 6) is 0.131. The topological polar surface area (TPSA) is 79.0 Å². The van der Waals surface area contributed by atoms with Crippen LogP contribution in [0.4, 0.5) is 0 Å². The fraction of sp³-hybridized carbons (Fsp3) is 0.917. The van der Waals surface area contributed by atoms with E-state index in [9.17, 15) is 13.2 Å². The molecule has 0 aliphatic carbocycles. The average Bonchev–Trinajstić information content (AvgIpc) is 2.45. The smallest absolute Gasteiger partial charge is 0.306 e. The summed E-state index contributed by atoms with van der Waals surface area (Å²) in [5.41, 5.74) is 0. The van der Waals surface area contributed by atoms with Crippen LogP contribution in [0.15, 0.2) is 0 Å². The zero-order chi connectivity index (χ0) is 15.2. The van der Waals surface area contributed by atoms with Gasteiger partial charge in [-0.15, -0.1) is 0 Å². The zero-order valence-electron chi connectivity index (χ0n) is 12.5. The molecule has 1 fully saturated rings. The number of esters is 1. The molecule has 1 heterocycles. The first-order valence-corrected chi connectivity index (χ1v) is 8.24. The van der Waals surface area contributed by atoms with E-state index >= 15 is 0 Å². The van der Waals surface area contributed by atoms with Crippen molar-refractivity contribution >= 4 is 16.2 Å². The van der Waals surface area contributed by atoms with Crippen molar-refractivity contribution in [3.05, 3.63) is 0 Å². The molecule has 0 radical (unpaired) electrons. The molecule has 0 saturated carbocycles. The second-order valence-electron chi connectivity index (χ2n) is 5.06. The maximum Gasteiger partial charge on any atom is 0.306 e. The van der Waals surface area contributed by atoms with Gasteiger partial charge in [0.1, 0.15) is 0 Å². The summed E-state index contributed by atoms with van der Waals surface area (Å²) in [7, 11) is 1.23. The van der Waals surface area contributed by atoms with Crippen LogP contribution in [0.3, 0.4) is 0 Å². The fourth-order valence-corrected chi connectivity index (χ4v) is 3.68. The number of hydrogen-bond acceptors (Lipinski definition) is 5. The van der Waals surface area contributed by atoms with Crippen LogP contribution < -0.4 is 5.32 Å². The molecule has 1 N–H and O–H groups in total. The molecule has 8 heteroatoms. The summed E-state index contributed by atoms with van der Waals surface area (Å²) >= 11 is 0. The van der Waals surface area contributed by atoms with Gasteiger partial charge in [0, 0.05) is 26.7 Å². The summed E-state index contributed by atoms with van der Waals surface area (Å²) < 4.78 is 31.9. The molecule has 7 nitrogen and oxygen atoms in total. The van der Waals surface area contributed by atoms with Crippen LogP contribution in [-0.2, 0) is 19.7 Å². The van der Waals surface area contributed by atoms with E-state index in [0.29, 0.717) is 19.0 Å². The second kappa shape index (κ2) is 7.92. The Kier molecular flexibility index (Phi) is 6.87. The third-order valence-electron chi connectivity index (χ3n) is 3.64. The molecular formula is C12H25N3O4S. The molecule has 0 atom stereocenters. The molecule has 1 saturated heterocycles. The van der Waals surface area contributed by atoms with E-state index in [1.807, 2.05) is 7.05 Å². The number of methoxy groups -OCH3 is 1. The van der Waals surface area contributed by atoms with E-state index in [2.05, 4.69) is 10.1 Å². The molecule has 0 unspecified atom stereocenters. The third-order valence-corrected chi connectivity index (χ3v) is 5.63. The lowest BCUT2D eigenvalue weighted by Gasteiger charge is -2.33. The Morgan fingerprint density at radius 1 is 1.40 bits per heavy atom. The monoisotopic (exact) mass is 307 g/mol. The van der Waals surface area contributed by atoms with E-state index in [4.69, 9.17) is 0 Å². The molecular weight excluding hydrogens is 282 g/mol. The van der Waals surface area contributed by atoms with Crippen LogP contribution in [0.5, 0.6) is 0 Å². The van der Waals surface area contributed by atoms with Crippen molar-refractivity contribution in [2.75, 3.05) is 47.4 Å². The van der Waals surface area contributed by atoms with Gasteiger partial charge in [-0.3, -0.25) is 4.79 Å². The molecule has 118 valence electrons. The van der Waals surface area contributed by atoms with Gasteiger partial charge in [-0.25, -0.2) is 0 Å². The molecule has 0 aromatic rings. The van der Waals surface area contributed by atoms with Crippen molar-refractivity contribution < 1.29 is 17.9 Å². The van der Waals surface area contributed by atoms with Crippen LogP contribution in [-0.4, -0.2) is 70.4 Å². The van der Waals surface area contributed by atoms with Gasteiger partial charge < -0.3 is 10.1 Å². The highest BCUT2D eigenvalue weighted by Gasteiger charge is 2.30. The minimum atomic E-state index is -3.47. The third kappa shape index (κ3) is 4.69. The number of carbonyl (C=O) groups excluding carboxylic acids is 1. The van der Waals surface area contributed by atoms with E-state index in [1.54, 1.807) is 0 Å². The molecule has 1 rings (SSSR count). The maximum atomic E-state index is 12.3. The summed E-state index contributed by atoms with van der Waals surface area (Å²) in [4.78, 5) is 11.1. The first kappa shape index (κ1) is 17.4. The highest BCUT2D eigenvalue weighted by molar-refractivity contribution is 7.86. The molecule has 0 bridgehead atoms.